The fourth-order valence-corrected chi connectivity index (χ4v) is 2.39. The molecular formula is C18H30F2IN3O2. The molecular weight excluding hydrogens is 455 g/mol. The average Bonchev–Trinajstić information content (AvgIpc) is 2.56. The van der Waals surface area contributed by atoms with Gasteiger partial charge < -0.3 is 20.1 Å². The first-order chi connectivity index (χ1) is 12.0. The minimum atomic E-state index is -2.82. The Balaban J connectivity index is 0.00000625. The molecule has 5 nitrogen and oxygen atoms in total. The van der Waals surface area contributed by atoms with Crippen LogP contribution in [0.15, 0.2) is 29.3 Å². The molecule has 150 valence electrons. The lowest BCUT2D eigenvalue weighted by Gasteiger charge is -2.21. The van der Waals surface area contributed by atoms with Crippen molar-refractivity contribution in [3.8, 4) is 5.75 Å². The van der Waals surface area contributed by atoms with Gasteiger partial charge in [0, 0.05) is 26.7 Å². The first kappa shape index (κ1) is 24.8. The summed E-state index contributed by atoms with van der Waals surface area (Å²) in [6, 6.07) is 6.60. The largest absolute Gasteiger partial charge is 0.435 e. The highest BCUT2D eigenvalue weighted by Crippen LogP contribution is 2.15. The fraction of sp³-hybridized carbons (Fsp3) is 0.611. The zero-order valence-corrected chi connectivity index (χ0v) is 18.1. The van der Waals surface area contributed by atoms with Crippen molar-refractivity contribution >= 4 is 29.9 Å². The molecule has 0 aliphatic heterocycles. The van der Waals surface area contributed by atoms with Gasteiger partial charge in [0.2, 0.25) is 0 Å². The van der Waals surface area contributed by atoms with E-state index < -0.39 is 6.61 Å². The Hall–Kier alpha value is -1.16. The predicted octanol–water partition coefficient (Wildman–Crippen LogP) is 4.02. The smallest absolute Gasteiger partial charge is 0.387 e. The van der Waals surface area contributed by atoms with Crippen molar-refractivity contribution in [2.45, 2.75) is 46.5 Å². The highest BCUT2D eigenvalue weighted by atomic mass is 127. The van der Waals surface area contributed by atoms with Crippen LogP contribution in [0.4, 0.5) is 8.78 Å². The third-order valence-corrected chi connectivity index (χ3v) is 3.65. The Morgan fingerprint density at radius 2 is 1.96 bits per heavy atom. The van der Waals surface area contributed by atoms with Crippen molar-refractivity contribution < 1.29 is 18.3 Å². The molecule has 8 heteroatoms. The van der Waals surface area contributed by atoms with E-state index in [1.807, 2.05) is 13.0 Å². The maximum absolute atomic E-state index is 12.3. The van der Waals surface area contributed by atoms with Gasteiger partial charge in [0.25, 0.3) is 0 Å². The van der Waals surface area contributed by atoms with Gasteiger partial charge in [-0.15, -0.1) is 24.0 Å². The minimum Gasteiger partial charge on any atom is -0.435 e. The molecule has 0 radical (unpaired) electrons. The van der Waals surface area contributed by atoms with E-state index in [0.29, 0.717) is 25.0 Å². The lowest BCUT2D eigenvalue weighted by atomic mass is 10.0. The predicted molar refractivity (Wildman–Crippen MR) is 112 cm³/mol. The van der Waals surface area contributed by atoms with Gasteiger partial charge in [0.05, 0.1) is 6.10 Å². The van der Waals surface area contributed by atoms with E-state index in [0.717, 1.165) is 18.5 Å². The van der Waals surface area contributed by atoms with E-state index >= 15 is 0 Å². The zero-order valence-electron chi connectivity index (χ0n) is 15.8. The van der Waals surface area contributed by atoms with E-state index in [1.54, 1.807) is 19.2 Å². The molecule has 1 aromatic carbocycles. The zero-order chi connectivity index (χ0) is 18.7. The molecule has 0 aliphatic carbocycles. The highest BCUT2D eigenvalue weighted by Gasteiger charge is 2.13. The third kappa shape index (κ3) is 10.1. The first-order valence-corrected chi connectivity index (χ1v) is 8.56. The van der Waals surface area contributed by atoms with Crippen LogP contribution in [0.25, 0.3) is 0 Å². The Bertz CT molecular complexity index is 531. The van der Waals surface area contributed by atoms with Gasteiger partial charge in [-0.1, -0.05) is 26.0 Å². The quantitative estimate of drug-likeness (QED) is 0.299. The summed E-state index contributed by atoms with van der Waals surface area (Å²) < 4.78 is 34.6. The summed E-state index contributed by atoms with van der Waals surface area (Å²) >= 11 is 0. The van der Waals surface area contributed by atoms with Crippen LogP contribution in [0, 0.1) is 5.92 Å². The lowest BCUT2D eigenvalue weighted by Crippen LogP contribution is -2.38. The van der Waals surface area contributed by atoms with Crippen molar-refractivity contribution in [3.63, 3.8) is 0 Å². The number of ether oxygens (including phenoxy) is 2. The van der Waals surface area contributed by atoms with Crippen LogP contribution in [-0.2, 0) is 11.3 Å². The van der Waals surface area contributed by atoms with Crippen LogP contribution in [-0.4, -0.2) is 38.9 Å². The Labute approximate surface area is 172 Å². The van der Waals surface area contributed by atoms with Crippen molar-refractivity contribution in [3.05, 3.63) is 29.8 Å². The molecule has 1 rings (SSSR count). The van der Waals surface area contributed by atoms with Gasteiger partial charge in [0.1, 0.15) is 5.75 Å². The van der Waals surface area contributed by atoms with Crippen molar-refractivity contribution in [1.82, 2.24) is 10.6 Å². The molecule has 0 bridgehead atoms. The monoisotopic (exact) mass is 485 g/mol. The molecule has 1 aromatic rings. The van der Waals surface area contributed by atoms with Gasteiger partial charge in [0.15, 0.2) is 5.96 Å². The van der Waals surface area contributed by atoms with Crippen molar-refractivity contribution in [2.75, 3.05) is 20.2 Å². The maximum atomic E-state index is 12.3. The van der Waals surface area contributed by atoms with E-state index in [-0.39, 0.29) is 35.8 Å². The minimum absolute atomic E-state index is 0. The van der Waals surface area contributed by atoms with E-state index in [2.05, 4.69) is 34.2 Å². The summed E-state index contributed by atoms with van der Waals surface area (Å²) in [7, 11) is 1.69. The van der Waals surface area contributed by atoms with Crippen LogP contribution < -0.4 is 15.4 Å². The number of benzene rings is 1. The Morgan fingerprint density at radius 1 is 1.23 bits per heavy atom. The van der Waals surface area contributed by atoms with Crippen LogP contribution >= 0.6 is 24.0 Å². The number of hydrogen-bond acceptors (Lipinski definition) is 3. The Morgan fingerprint density at radius 3 is 2.54 bits per heavy atom. The normalized spacial score (nSPS) is 12.7. The molecule has 1 unspecified atom stereocenters. The van der Waals surface area contributed by atoms with Gasteiger partial charge in [-0.2, -0.15) is 8.78 Å². The Kier molecular flexibility index (Phi) is 13.3. The summed E-state index contributed by atoms with van der Waals surface area (Å²) in [6.45, 7) is 5.35. The molecule has 0 amide bonds. The molecule has 0 saturated heterocycles. The lowest BCUT2D eigenvalue weighted by molar-refractivity contribution is -0.0498. The molecule has 1 atom stereocenters. The topological polar surface area (TPSA) is 54.9 Å². The summed E-state index contributed by atoms with van der Waals surface area (Å²) in [5.74, 6) is 1.25. The number of rotatable bonds is 10. The number of nitrogens with zero attached hydrogens (tertiary/aromatic N) is 1. The van der Waals surface area contributed by atoms with E-state index in [4.69, 9.17) is 4.74 Å². The summed E-state index contributed by atoms with van der Waals surface area (Å²) in [6.07, 6.45) is 1.09. The third-order valence-electron chi connectivity index (χ3n) is 3.65. The molecule has 0 saturated carbocycles. The summed E-state index contributed by atoms with van der Waals surface area (Å²) in [5.41, 5.74) is 0.829. The standard InChI is InChI=1S/C18H29F2N3O2.HI/c1-5-24-16(13(2)3)9-10-22-18(21-4)23-12-14-7-6-8-15(11-14)25-17(19)20;/h6-8,11,13,16-17H,5,9-10,12H2,1-4H3,(H2,21,22,23);1H. The maximum Gasteiger partial charge on any atom is 0.387 e. The van der Waals surface area contributed by atoms with Gasteiger partial charge in [-0.3, -0.25) is 4.99 Å². The number of hydrogen-bond donors (Lipinski definition) is 2. The van der Waals surface area contributed by atoms with Gasteiger partial charge >= 0.3 is 6.61 Å². The summed E-state index contributed by atoms with van der Waals surface area (Å²) in [4.78, 5) is 4.16. The van der Waals surface area contributed by atoms with Crippen molar-refractivity contribution in [2.24, 2.45) is 10.9 Å². The highest BCUT2D eigenvalue weighted by molar-refractivity contribution is 14.0. The molecule has 0 aromatic heterocycles. The van der Waals surface area contributed by atoms with Crippen LogP contribution in [0.3, 0.4) is 0 Å². The van der Waals surface area contributed by atoms with Crippen LogP contribution in [0.1, 0.15) is 32.8 Å². The molecule has 0 aliphatic rings. The number of aliphatic imine (C=N–C) groups is 1. The molecule has 0 fully saturated rings. The second-order valence-corrected chi connectivity index (χ2v) is 5.90. The number of halogens is 3. The fourth-order valence-electron chi connectivity index (χ4n) is 2.39. The number of nitrogens with one attached hydrogen (secondary N) is 2. The van der Waals surface area contributed by atoms with Crippen molar-refractivity contribution in [1.29, 1.82) is 0 Å². The number of guanidine groups is 1. The molecule has 2 N–H and O–H groups in total. The molecule has 0 spiro atoms. The molecule has 0 heterocycles. The van der Waals surface area contributed by atoms with E-state index in [1.165, 1.54) is 6.07 Å². The summed E-state index contributed by atoms with van der Waals surface area (Å²) in [5, 5.41) is 6.39. The second kappa shape index (κ2) is 14.0. The van der Waals surface area contributed by atoms with Crippen LogP contribution in [0.2, 0.25) is 0 Å². The number of alkyl halides is 2. The first-order valence-electron chi connectivity index (χ1n) is 8.56. The van der Waals surface area contributed by atoms with Gasteiger partial charge in [-0.25, -0.2) is 0 Å². The van der Waals surface area contributed by atoms with Gasteiger partial charge in [-0.05, 0) is 37.0 Å². The molecule has 26 heavy (non-hydrogen) atoms. The second-order valence-electron chi connectivity index (χ2n) is 5.90. The SMILES string of the molecule is CCOC(CCNC(=NC)NCc1cccc(OC(F)F)c1)C(C)C.I. The van der Waals surface area contributed by atoms with Crippen LogP contribution in [0.5, 0.6) is 5.75 Å². The average molecular weight is 485 g/mol. The van der Waals surface area contributed by atoms with E-state index in [9.17, 15) is 8.78 Å².